The maximum absolute atomic E-state index is 5.70. The van der Waals surface area contributed by atoms with Crippen LogP contribution in [0, 0.1) is 0 Å². The van der Waals surface area contributed by atoms with Gasteiger partial charge in [-0.2, -0.15) is 0 Å². The van der Waals surface area contributed by atoms with E-state index in [0.717, 1.165) is 5.75 Å². The first-order valence-corrected chi connectivity index (χ1v) is 5.28. The molecular weight excluding hydrogens is 180 g/mol. The van der Waals surface area contributed by atoms with E-state index in [1.54, 1.807) is 11.3 Å². The van der Waals surface area contributed by atoms with Crippen molar-refractivity contribution < 1.29 is 4.74 Å². The SMILES string of the molecule is CC(C)Oc1cccc2ccsc12. The van der Waals surface area contributed by atoms with E-state index in [1.807, 2.05) is 26.0 Å². The molecule has 0 saturated carbocycles. The number of thiophene rings is 1. The molecule has 0 aliphatic rings. The molecule has 0 saturated heterocycles. The normalized spacial score (nSPS) is 11.0. The lowest BCUT2D eigenvalue weighted by molar-refractivity contribution is 0.246. The second-order valence-electron chi connectivity index (χ2n) is 3.26. The van der Waals surface area contributed by atoms with E-state index in [1.165, 1.54) is 10.1 Å². The number of fused-ring (bicyclic) bond motifs is 1. The van der Waals surface area contributed by atoms with Gasteiger partial charge in [0.25, 0.3) is 0 Å². The van der Waals surface area contributed by atoms with Gasteiger partial charge < -0.3 is 4.74 Å². The highest BCUT2D eigenvalue weighted by molar-refractivity contribution is 7.17. The van der Waals surface area contributed by atoms with E-state index in [4.69, 9.17) is 4.74 Å². The molecule has 13 heavy (non-hydrogen) atoms. The third-order valence-corrected chi connectivity index (χ3v) is 2.75. The lowest BCUT2D eigenvalue weighted by Gasteiger charge is -2.09. The second-order valence-corrected chi connectivity index (χ2v) is 4.18. The number of ether oxygens (including phenoxy) is 1. The Kier molecular flexibility index (Phi) is 2.23. The summed E-state index contributed by atoms with van der Waals surface area (Å²) in [6, 6.07) is 8.29. The molecule has 0 radical (unpaired) electrons. The van der Waals surface area contributed by atoms with Gasteiger partial charge in [-0.25, -0.2) is 0 Å². The molecule has 0 aliphatic heterocycles. The van der Waals surface area contributed by atoms with Gasteiger partial charge in [-0.15, -0.1) is 11.3 Å². The number of rotatable bonds is 2. The molecule has 1 aromatic heterocycles. The van der Waals surface area contributed by atoms with Crippen LogP contribution in [-0.2, 0) is 0 Å². The smallest absolute Gasteiger partial charge is 0.137 e. The summed E-state index contributed by atoms with van der Waals surface area (Å²) in [5, 5.41) is 3.36. The molecule has 0 spiro atoms. The molecule has 68 valence electrons. The van der Waals surface area contributed by atoms with Crippen LogP contribution in [0.25, 0.3) is 10.1 Å². The van der Waals surface area contributed by atoms with Crippen molar-refractivity contribution in [1.82, 2.24) is 0 Å². The summed E-state index contributed by atoms with van der Waals surface area (Å²) in [6.45, 7) is 4.10. The lowest BCUT2D eigenvalue weighted by atomic mass is 10.2. The molecule has 0 fully saturated rings. The van der Waals surface area contributed by atoms with Crippen LogP contribution in [0.2, 0.25) is 0 Å². The molecule has 0 atom stereocenters. The molecule has 0 N–H and O–H groups in total. The Morgan fingerprint density at radius 3 is 2.85 bits per heavy atom. The predicted octanol–water partition coefficient (Wildman–Crippen LogP) is 3.69. The minimum absolute atomic E-state index is 0.243. The van der Waals surface area contributed by atoms with Gasteiger partial charge in [0.05, 0.1) is 10.8 Å². The fraction of sp³-hybridized carbons (Fsp3) is 0.273. The summed E-state index contributed by atoms with van der Waals surface area (Å²) in [5.41, 5.74) is 0. The Morgan fingerprint density at radius 2 is 2.08 bits per heavy atom. The Bertz CT molecular complexity index is 403. The van der Waals surface area contributed by atoms with Gasteiger partial charge in [0.15, 0.2) is 0 Å². The van der Waals surface area contributed by atoms with Crippen molar-refractivity contribution in [3.8, 4) is 5.75 Å². The molecule has 1 heterocycles. The third kappa shape index (κ3) is 1.68. The van der Waals surface area contributed by atoms with E-state index in [-0.39, 0.29) is 6.10 Å². The van der Waals surface area contributed by atoms with Gasteiger partial charge in [0, 0.05) is 0 Å². The lowest BCUT2D eigenvalue weighted by Crippen LogP contribution is -2.05. The van der Waals surface area contributed by atoms with E-state index in [2.05, 4.69) is 17.5 Å². The molecule has 2 heteroatoms. The van der Waals surface area contributed by atoms with E-state index < -0.39 is 0 Å². The van der Waals surface area contributed by atoms with E-state index in [9.17, 15) is 0 Å². The van der Waals surface area contributed by atoms with Crippen molar-refractivity contribution in [1.29, 1.82) is 0 Å². The maximum atomic E-state index is 5.70. The van der Waals surface area contributed by atoms with Gasteiger partial charge in [-0.05, 0) is 36.7 Å². The summed E-state index contributed by atoms with van der Waals surface area (Å²) < 4.78 is 6.94. The molecule has 2 rings (SSSR count). The van der Waals surface area contributed by atoms with E-state index >= 15 is 0 Å². The topological polar surface area (TPSA) is 9.23 Å². The largest absolute Gasteiger partial charge is 0.490 e. The highest BCUT2D eigenvalue weighted by Gasteiger charge is 2.03. The Morgan fingerprint density at radius 1 is 1.23 bits per heavy atom. The second kappa shape index (κ2) is 3.38. The predicted molar refractivity (Wildman–Crippen MR) is 57.6 cm³/mol. The van der Waals surface area contributed by atoms with Gasteiger partial charge in [-0.3, -0.25) is 0 Å². The molecule has 1 aromatic carbocycles. The third-order valence-electron chi connectivity index (χ3n) is 1.81. The van der Waals surface area contributed by atoms with Crippen molar-refractivity contribution in [3.05, 3.63) is 29.6 Å². The van der Waals surface area contributed by atoms with Crippen LogP contribution in [0.1, 0.15) is 13.8 Å². The van der Waals surface area contributed by atoms with Crippen molar-refractivity contribution in [3.63, 3.8) is 0 Å². The van der Waals surface area contributed by atoms with Crippen LogP contribution in [-0.4, -0.2) is 6.10 Å². The van der Waals surface area contributed by atoms with Crippen molar-refractivity contribution >= 4 is 21.4 Å². The molecular formula is C11H12OS. The first-order valence-electron chi connectivity index (χ1n) is 4.40. The standard InChI is InChI=1S/C11H12OS/c1-8(2)12-10-5-3-4-9-6-7-13-11(9)10/h3-8H,1-2H3. The van der Waals surface area contributed by atoms with Gasteiger partial charge in [0.1, 0.15) is 5.75 Å². The van der Waals surface area contributed by atoms with Gasteiger partial charge in [0.2, 0.25) is 0 Å². The zero-order valence-corrected chi connectivity index (χ0v) is 8.60. The molecule has 0 amide bonds. The number of hydrogen-bond donors (Lipinski definition) is 0. The summed E-state index contributed by atoms with van der Waals surface area (Å²) in [7, 11) is 0. The van der Waals surface area contributed by atoms with Crippen molar-refractivity contribution in [2.45, 2.75) is 20.0 Å². The minimum atomic E-state index is 0.243. The molecule has 0 unspecified atom stereocenters. The van der Waals surface area contributed by atoms with Crippen LogP contribution in [0.4, 0.5) is 0 Å². The number of benzene rings is 1. The molecule has 0 aliphatic carbocycles. The Hall–Kier alpha value is -1.02. The molecule has 1 nitrogen and oxygen atoms in total. The average Bonchev–Trinajstić information content (AvgIpc) is 2.51. The van der Waals surface area contributed by atoms with E-state index in [0.29, 0.717) is 0 Å². The highest BCUT2D eigenvalue weighted by atomic mass is 32.1. The minimum Gasteiger partial charge on any atom is -0.490 e. The Balaban J connectivity index is 2.48. The summed E-state index contributed by atoms with van der Waals surface area (Å²) >= 11 is 1.73. The van der Waals surface area contributed by atoms with Crippen LogP contribution in [0.15, 0.2) is 29.6 Å². The highest BCUT2D eigenvalue weighted by Crippen LogP contribution is 2.30. The van der Waals surface area contributed by atoms with Crippen LogP contribution in [0.5, 0.6) is 5.75 Å². The van der Waals surface area contributed by atoms with Crippen LogP contribution in [0.3, 0.4) is 0 Å². The zero-order chi connectivity index (χ0) is 9.26. The molecule has 2 aromatic rings. The van der Waals surface area contributed by atoms with Crippen LogP contribution >= 0.6 is 11.3 Å². The number of hydrogen-bond acceptors (Lipinski definition) is 2. The first kappa shape index (κ1) is 8.57. The zero-order valence-electron chi connectivity index (χ0n) is 7.78. The summed E-state index contributed by atoms with van der Waals surface area (Å²) in [5.74, 6) is 1.00. The maximum Gasteiger partial charge on any atom is 0.137 e. The monoisotopic (exact) mass is 192 g/mol. The summed E-state index contributed by atoms with van der Waals surface area (Å²) in [6.07, 6.45) is 0.243. The fourth-order valence-corrected chi connectivity index (χ4v) is 2.17. The van der Waals surface area contributed by atoms with Crippen LogP contribution < -0.4 is 4.74 Å². The van der Waals surface area contributed by atoms with Crippen molar-refractivity contribution in [2.24, 2.45) is 0 Å². The molecule has 0 bridgehead atoms. The van der Waals surface area contributed by atoms with Crippen molar-refractivity contribution in [2.75, 3.05) is 0 Å². The quantitative estimate of drug-likeness (QED) is 0.705. The van der Waals surface area contributed by atoms with Gasteiger partial charge >= 0.3 is 0 Å². The fourth-order valence-electron chi connectivity index (χ4n) is 1.31. The first-order chi connectivity index (χ1) is 6.27. The summed E-state index contributed by atoms with van der Waals surface area (Å²) in [4.78, 5) is 0. The average molecular weight is 192 g/mol. The Labute approximate surface area is 82.0 Å². The van der Waals surface area contributed by atoms with Gasteiger partial charge in [-0.1, -0.05) is 12.1 Å².